The molecular formula is C14H26N2O4S. The van der Waals surface area contributed by atoms with E-state index >= 15 is 0 Å². The average molecular weight is 318 g/mol. The summed E-state index contributed by atoms with van der Waals surface area (Å²) >= 11 is 0. The van der Waals surface area contributed by atoms with Gasteiger partial charge < -0.3 is 15.3 Å². The molecule has 4 unspecified atom stereocenters. The van der Waals surface area contributed by atoms with E-state index in [2.05, 4.69) is 5.32 Å². The Morgan fingerprint density at radius 2 is 2.14 bits per heavy atom. The first-order chi connectivity index (χ1) is 9.85. The Bertz CT molecular complexity index is 402. The number of piperidine rings is 1. The number of aliphatic carboxylic acids is 1. The Hall–Kier alpha value is -1.11. The molecule has 1 saturated heterocycles. The van der Waals surface area contributed by atoms with Gasteiger partial charge in [0.15, 0.2) is 0 Å². The highest BCUT2D eigenvalue weighted by Gasteiger charge is 2.35. The number of nitrogens with one attached hydrogen (secondary N) is 1. The van der Waals surface area contributed by atoms with Gasteiger partial charge in [-0.3, -0.25) is 4.21 Å². The zero-order valence-corrected chi connectivity index (χ0v) is 13.8. The Kier molecular flexibility index (Phi) is 7.14. The van der Waals surface area contributed by atoms with Crippen molar-refractivity contribution in [2.24, 2.45) is 5.92 Å². The molecule has 1 rings (SSSR count). The second-order valence-electron chi connectivity index (χ2n) is 5.76. The van der Waals surface area contributed by atoms with Gasteiger partial charge in [0.25, 0.3) is 0 Å². The molecular weight excluding hydrogens is 292 g/mol. The molecule has 1 aliphatic heterocycles. The third-order valence-electron chi connectivity index (χ3n) is 4.04. The fraction of sp³-hybridized carbons (Fsp3) is 0.857. The largest absolute Gasteiger partial charge is 0.480 e. The molecule has 2 amide bonds. The van der Waals surface area contributed by atoms with Crippen molar-refractivity contribution in [2.75, 3.05) is 18.6 Å². The molecule has 0 saturated carbocycles. The predicted molar refractivity (Wildman–Crippen MR) is 82.7 cm³/mol. The SMILES string of the molecule is CCC1CCN(C(=O)NC(C)CCS(C)=O)C(C(=O)O)C1. The fourth-order valence-corrected chi connectivity index (χ4v) is 3.28. The lowest BCUT2D eigenvalue weighted by atomic mass is 9.89. The quantitative estimate of drug-likeness (QED) is 0.775. The Labute approximate surface area is 128 Å². The predicted octanol–water partition coefficient (Wildman–Crippen LogP) is 1.43. The summed E-state index contributed by atoms with van der Waals surface area (Å²) in [7, 11) is -0.885. The van der Waals surface area contributed by atoms with Crippen molar-refractivity contribution in [2.45, 2.75) is 51.6 Å². The van der Waals surface area contributed by atoms with Gasteiger partial charge in [-0.25, -0.2) is 9.59 Å². The van der Waals surface area contributed by atoms with E-state index in [4.69, 9.17) is 0 Å². The van der Waals surface area contributed by atoms with Crippen LogP contribution in [-0.4, -0.2) is 56.9 Å². The van der Waals surface area contributed by atoms with E-state index < -0.39 is 22.8 Å². The highest BCUT2D eigenvalue weighted by Crippen LogP contribution is 2.25. The van der Waals surface area contributed by atoms with Gasteiger partial charge in [0.2, 0.25) is 0 Å². The van der Waals surface area contributed by atoms with Crippen LogP contribution in [0.25, 0.3) is 0 Å². The minimum Gasteiger partial charge on any atom is -0.480 e. The number of nitrogens with zero attached hydrogens (tertiary/aromatic N) is 1. The molecule has 4 atom stereocenters. The van der Waals surface area contributed by atoms with Gasteiger partial charge in [0, 0.05) is 35.4 Å². The standard InChI is InChI=1S/C14H26N2O4S/c1-4-11-5-7-16(12(9-11)13(17)18)14(19)15-10(2)6-8-21(3)20/h10-12H,4-9H2,1-3H3,(H,15,19)(H,17,18). The smallest absolute Gasteiger partial charge is 0.326 e. The lowest BCUT2D eigenvalue weighted by molar-refractivity contribution is -0.144. The molecule has 7 heteroatoms. The number of hydrogen-bond acceptors (Lipinski definition) is 3. The summed E-state index contributed by atoms with van der Waals surface area (Å²) in [6.07, 6.45) is 4.56. The van der Waals surface area contributed by atoms with Crippen molar-refractivity contribution >= 4 is 22.8 Å². The molecule has 21 heavy (non-hydrogen) atoms. The number of amides is 2. The monoisotopic (exact) mass is 318 g/mol. The summed E-state index contributed by atoms with van der Waals surface area (Å²) in [5.74, 6) is -0.0393. The molecule has 1 aliphatic rings. The number of carbonyl (C=O) groups is 2. The maximum atomic E-state index is 12.2. The Morgan fingerprint density at radius 3 is 2.67 bits per heavy atom. The second-order valence-corrected chi connectivity index (χ2v) is 7.32. The van der Waals surface area contributed by atoms with E-state index in [1.54, 1.807) is 6.26 Å². The zero-order valence-electron chi connectivity index (χ0n) is 13.0. The number of urea groups is 1. The Balaban J connectivity index is 2.58. The van der Waals surface area contributed by atoms with Crippen LogP contribution < -0.4 is 5.32 Å². The van der Waals surface area contributed by atoms with Gasteiger partial charge in [-0.15, -0.1) is 0 Å². The highest BCUT2D eigenvalue weighted by molar-refractivity contribution is 7.84. The van der Waals surface area contributed by atoms with Crippen molar-refractivity contribution in [1.29, 1.82) is 0 Å². The van der Waals surface area contributed by atoms with Crippen molar-refractivity contribution in [3.05, 3.63) is 0 Å². The van der Waals surface area contributed by atoms with Crippen LogP contribution in [0.3, 0.4) is 0 Å². The van der Waals surface area contributed by atoms with Gasteiger partial charge >= 0.3 is 12.0 Å². The van der Waals surface area contributed by atoms with Crippen LogP contribution in [0, 0.1) is 5.92 Å². The molecule has 2 N–H and O–H groups in total. The molecule has 0 aromatic heterocycles. The van der Waals surface area contributed by atoms with Crippen molar-refractivity contribution in [3.63, 3.8) is 0 Å². The molecule has 0 radical (unpaired) electrons. The normalized spacial score (nSPS) is 25.2. The molecule has 122 valence electrons. The molecule has 0 bridgehead atoms. The maximum Gasteiger partial charge on any atom is 0.326 e. The fourth-order valence-electron chi connectivity index (χ4n) is 2.59. The molecule has 0 aliphatic carbocycles. The van der Waals surface area contributed by atoms with Crippen LogP contribution in [0.5, 0.6) is 0 Å². The van der Waals surface area contributed by atoms with E-state index in [9.17, 15) is 18.9 Å². The van der Waals surface area contributed by atoms with E-state index in [1.165, 1.54) is 4.90 Å². The average Bonchev–Trinajstić information content (AvgIpc) is 2.44. The van der Waals surface area contributed by atoms with Gasteiger partial charge in [0.05, 0.1) is 0 Å². The lowest BCUT2D eigenvalue weighted by Gasteiger charge is -2.37. The number of carbonyl (C=O) groups excluding carboxylic acids is 1. The first kappa shape index (κ1) is 17.9. The van der Waals surface area contributed by atoms with Gasteiger partial charge in [-0.2, -0.15) is 0 Å². The highest BCUT2D eigenvalue weighted by atomic mass is 32.2. The summed E-state index contributed by atoms with van der Waals surface area (Å²) in [6.45, 7) is 4.37. The van der Waals surface area contributed by atoms with Crippen LogP contribution in [0.1, 0.15) is 39.5 Å². The third-order valence-corrected chi connectivity index (χ3v) is 4.85. The molecule has 0 spiro atoms. The lowest BCUT2D eigenvalue weighted by Crippen LogP contribution is -2.54. The topological polar surface area (TPSA) is 86.7 Å². The second kappa shape index (κ2) is 8.36. The zero-order chi connectivity index (χ0) is 16.0. The van der Waals surface area contributed by atoms with Crippen LogP contribution in [0.2, 0.25) is 0 Å². The van der Waals surface area contributed by atoms with Crippen LogP contribution in [0.15, 0.2) is 0 Å². The van der Waals surface area contributed by atoms with Crippen molar-refractivity contribution < 1.29 is 18.9 Å². The van der Waals surface area contributed by atoms with Crippen LogP contribution in [0.4, 0.5) is 4.79 Å². The molecule has 1 heterocycles. The van der Waals surface area contributed by atoms with Gasteiger partial charge in [-0.05, 0) is 32.1 Å². The van der Waals surface area contributed by atoms with Crippen molar-refractivity contribution in [3.8, 4) is 0 Å². The number of carboxylic acids is 1. The summed E-state index contributed by atoms with van der Waals surface area (Å²) in [5.41, 5.74) is 0. The number of carboxylic acid groups (broad SMARTS) is 1. The Morgan fingerprint density at radius 1 is 1.48 bits per heavy atom. The molecule has 6 nitrogen and oxygen atoms in total. The first-order valence-corrected chi connectivity index (χ1v) is 9.17. The first-order valence-electron chi connectivity index (χ1n) is 7.45. The number of rotatable bonds is 6. The number of likely N-dealkylation sites (tertiary alicyclic amines) is 1. The third kappa shape index (κ3) is 5.65. The summed E-state index contributed by atoms with van der Waals surface area (Å²) < 4.78 is 11.1. The summed E-state index contributed by atoms with van der Waals surface area (Å²) in [6, 6.07) is -1.18. The van der Waals surface area contributed by atoms with E-state index in [1.807, 2.05) is 13.8 Å². The molecule has 0 aromatic rings. The van der Waals surface area contributed by atoms with E-state index in [-0.39, 0.29) is 12.1 Å². The van der Waals surface area contributed by atoms with E-state index in [0.29, 0.717) is 31.1 Å². The van der Waals surface area contributed by atoms with Gasteiger partial charge in [-0.1, -0.05) is 13.3 Å². The van der Waals surface area contributed by atoms with Gasteiger partial charge in [0.1, 0.15) is 6.04 Å². The minimum atomic E-state index is -0.939. The summed E-state index contributed by atoms with van der Waals surface area (Å²) in [5, 5.41) is 12.1. The molecule has 0 aromatic carbocycles. The maximum absolute atomic E-state index is 12.2. The molecule has 1 fully saturated rings. The summed E-state index contributed by atoms with van der Waals surface area (Å²) in [4.78, 5) is 25.0. The van der Waals surface area contributed by atoms with Crippen LogP contribution >= 0.6 is 0 Å². The number of hydrogen-bond donors (Lipinski definition) is 2. The van der Waals surface area contributed by atoms with Crippen molar-refractivity contribution in [1.82, 2.24) is 10.2 Å². The minimum absolute atomic E-state index is 0.111. The van der Waals surface area contributed by atoms with Crippen LogP contribution in [-0.2, 0) is 15.6 Å². The van der Waals surface area contributed by atoms with E-state index in [0.717, 1.165) is 12.8 Å².